The molecule has 1 saturated carbocycles. The Hall–Kier alpha value is -3.34. The number of ketones is 1. The van der Waals surface area contributed by atoms with E-state index in [1.807, 2.05) is 6.92 Å². The number of methoxy groups -OCH3 is 2. The molecule has 1 amide bonds. The van der Waals surface area contributed by atoms with Crippen molar-refractivity contribution in [2.75, 3.05) is 25.7 Å². The zero-order chi connectivity index (χ0) is 30.4. The van der Waals surface area contributed by atoms with E-state index in [2.05, 4.69) is 58.2 Å². The predicted molar refractivity (Wildman–Crippen MR) is 159 cm³/mol. The fraction of sp³-hybridized carbons (Fsp3) is 0.500. The Balaban J connectivity index is 2.00. The van der Waals surface area contributed by atoms with Crippen molar-refractivity contribution in [2.24, 2.45) is 5.92 Å². The van der Waals surface area contributed by atoms with Gasteiger partial charge in [-0.3, -0.25) is 9.69 Å². The summed E-state index contributed by atoms with van der Waals surface area (Å²) in [6, 6.07) is 4.48. The van der Waals surface area contributed by atoms with E-state index in [0.29, 0.717) is 17.0 Å². The van der Waals surface area contributed by atoms with Crippen molar-refractivity contribution in [3.8, 4) is 29.9 Å². The first-order valence-electron chi connectivity index (χ1n) is 13.6. The number of Topliss-reactive ketones (excluding diaryl/α,β-unsaturated/α-hetero) is 1. The van der Waals surface area contributed by atoms with Gasteiger partial charge in [0.2, 0.25) is 19.9 Å². The summed E-state index contributed by atoms with van der Waals surface area (Å²) in [6.45, 7) is 16.3. The van der Waals surface area contributed by atoms with E-state index >= 15 is 0 Å². The highest BCUT2D eigenvalue weighted by Gasteiger charge is 2.88. The van der Waals surface area contributed by atoms with Gasteiger partial charge in [0.05, 0.1) is 5.69 Å². The van der Waals surface area contributed by atoms with Crippen LogP contribution in [0.3, 0.4) is 0 Å². The van der Waals surface area contributed by atoms with Gasteiger partial charge in [0, 0.05) is 26.2 Å². The third kappa shape index (κ3) is 4.43. The Bertz CT molecular complexity index is 1390. The minimum atomic E-state index is -2.25. The van der Waals surface area contributed by atoms with Gasteiger partial charge in [-0.25, -0.2) is 4.79 Å². The Labute approximate surface area is 244 Å². The molecule has 0 N–H and O–H groups in total. The normalized spacial score (nSPS) is 27.9. The van der Waals surface area contributed by atoms with Crippen molar-refractivity contribution in [3.63, 3.8) is 0 Å². The van der Waals surface area contributed by atoms with Crippen LogP contribution in [0.25, 0.3) is 0 Å². The maximum absolute atomic E-state index is 14.5. The van der Waals surface area contributed by atoms with Gasteiger partial charge in [0.1, 0.15) is 24.0 Å². The van der Waals surface area contributed by atoms with Gasteiger partial charge in [0.25, 0.3) is 0 Å². The van der Waals surface area contributed by atoms with Crippen LogP contribution < -0.4 is 9.33 Å². The van der Waals surface area contributed by atoms with Crippen LogP contribution in [0.5, 0.6) is 5.75 Å². The molecule has 218 valence electrons. The number of allylic oxidation sites excluding steroid dienone is 2. The average molecular weight is 578 g/mol. The Kier molecular flexibility index (Phi) is 7.83. The summed E-state index contributed by atoms with van der Waals surface area (Å²) in [7, 11) is 0.640. The predicted octanol–water partition coefficient (Wildman–Crippen LogP) is 5.34. The second-order valence-corrected chi connectivity index (χ2v) is 16.9. The smallest absolute Gasteiger partial charge is 0.415 e. The molecule has 2 fully saturated rings. The summed E-state index contributed by atoms with van der Waals surface area (Å²) in [5.74, 6) is 6.82. The quantitative estimate of drug-likeness (QED) is 0.148. The molecule has 0 unspecified atom stereocenters. The Morgan fingerprint density at radius 3 is 2.54 bits per heavy atom. The topological polar surface area (TPSA) is 86.8 Å². The maximum Gasteiger partial charge on any atom is 0.415 e. The van der Waals surface area contributed by atoms with Gasteiger partial charge in [-0.1, -0.05) is 58.1 Å². The highest BCUT2D eigenvalue weighted by atomic mass is 28.4. The van der Waals surface area contributed by atoms with Crippen LogP contribution in [0.2, 0.25) is 18.1 Å². The molecular weight excluding hydrogens is 538 g/mol. The van der Waals surface area contributed by atoms with Crippen molar-refractivity contribution < 1.29 is 33.0 Å². The molecule has 1 aromatic rings. The third-order valence-electron chi connectivity index (χ3n) is 8.92. The largest absolute Gasteiger partial charge is 0.543 e. The van der Waals surface area contributed by atoms with Gasteiger partial charge >= 0.3 is 6.09 Å². The van der Waals surface area contributed by atoms with Crippen LogP contribution in [0, 0.1) is 30.1 Å². The number of anilines is 1. The SMILES string of the molecule is C#C/C=C\C#C[C@@H]1N(C(=O)OCC=C)c2ccc(O[Si](C)(C)C(C)(C)C)cc2[C@@]23O[C@@]12[C@@H](C)CC(OC)(OC)C3=O. The third-order valence-corrected chi connectivity index (χ3v) is 13.3. The Morgan fingerprint density at radius 2 is 1.95 bits per heavy atom. The molecule has 0 bridgehead atoms. The van der Waals surface area contributed by atoms with Crippen LogP contribution in [-0.2, 0) is 29.3 Å². The molecule has 1 saturated heterocycles. The molecular formula is C32H39NO7Si. The second-order valence-electron chi connectivity index (χ2n) is 12.1. The molecule has 0 aromatic heterocycles. The molecule has 0 spiro atoms. The van der Waals surface area contributed by atoms with E-state index in [0.717, 1.165) is 0 Å². The summed E-state index contributed by atoms with van der Waals surface area (Å²) in [4.78, 5) is 29.6. The van der Waals surface area contributed by atoms with E-state index in [-0.39, 0.29) is 29.8 Å². The maximum atomic E-state index is 14.5. The standard InChI is InChI=1S/C32H39NO7Si/c1-11-13-14-15-16-26-31-22(3)21-30(36-7,37-8)27(34)32(31,40-31)24-20-23(39-41(9,10)29(4,5)6)17-18-25(24)33(26)28(35)38-19-12-2/h1,12-14,17-18,20,22,26H,2,19,21H2,3-10H3/b14-13-/t22-,26-,31-,32-/m0/s1. The molecule has 4 rings (SSSR count). The van der Waals surface area contributed by atoms with Crippen molar-refractivity contribution in [1.82, 2.24) is 0 Å². The number of nitrogens with zero attached hydrogens (tertiary/aromatic N) is 1. The molecule has 2 aliphatic heterocycles. The lowest BCUT2D eigenvalue weighted by Gasteiger charge is -2.47. The van der Waals surface area contributed by atoms with Crippen molar-refractivity contribution in [2.45, 2.75) is 75.3 Å². The van der Waals surface area contributed by atoms with E-state index in [1.165, 1.54) is 37.3 Å². The summed E-state index contributed by atoms with van der Waals surface area (Å²) in [5, 5.41) is -0.0649. The van der Waals surface area contributed by atoms with Gasteiger partial charge in [0.15, 0.2) is 5.60 Å². The lowest BCUT2D eigenvalue weighted by molar-refractivity contribution is -0.224. The highest BCUT2D eigenvalue weighted by molar-refractivity contribution is 6.74. The number of rotatable bonds is 6. The molecule has 0 radical (unpaired) electrons. The molecule has 9 heteroatoms. The number of carbonyl (C=O) groups is 2. The summed E-state index contributed by atoms with van der Waals surface area (Å²) < 4.78 is 30.3. The van der Waals surface area contributed by atoms with Crippen LogP contribution in [0.4, 0.5) is 10.5 Å². The van der Waals surface area contributed by atoms with Gasteiger partial charge in [-0.2, -0.15) is 0 Å². The fourth-order valence-electron chi connectivity index (χ4n) is 5.80. The number of fused-ring (bicyclic) bond motifs is 1. The minimum absolute atomic E-state index is 0.00166. The first-order chi connectivity index (χ1) is 19.2. The molecule has 2 heterocycles. The lowest BCUT2D eigenvalue weighted by Crippen LogP contribution is -2.66. The molecule has 4 atom stereocenters. The molecule has 8 nitrogen and oxygen atoms in total. The van der Waals surface area contributed by atoms with Crippen LogP contribution >= 0.6 is 0 Å². The number of ether oxygens (including phenoxy) is 4. The number of carbonyl (C=O) groups excluding carboxylic acids is 2. The molecule has 1 aromatic carbocycles. The molecule has 1 aliphatic carbocycles. The van der Waals surface area contributed by atoms with E-state index in [1.54, 1.807) is 18.2 Å². The molecule has 3 aliphatic rings. The van der Waals surface area contributed by atoms with E-state index < -0.39 is 37.4 Å². The average Bonchev–Trinajstić information content (AvgIpc) is 3.65. The first kappa shape index (κ1) is 30.6. The van der Waals surface area contributed by atoms with Crippen LogP contribution in [0.15, 0.2) is 43.0 Å². The van der Waals surface area contributed by atoms with Gasteiger partial charge in [-0.05, 0) is 54.4 Å². The summed E-state index contributed by atoms with van der Waals surface area (Å²) in [6.07, 6.45) is 9.39. The minimum Gasteiger partial charge on any atom is -0.543 e. The Morgan fingerprint density at radius 1 is 1.27 bits per heavy atom. The van der Waals surface area contributed by atoms with E-state index in [9.17, 15) is 9.59 Å². The number of hydrogen-bond acceptors (Lipinski definition) is 7. The van der Waals surface area contributed by atoms with Crippen molar-refractivity contribution in [3.05, 3.63) is 48.6 Å². The zero-order valence-corrected chi connectivity index (χ0v) is 26.1. The zero-order valence-electron chi connectivity index (χ0n) is 25.1. The van der Waals surface area contributed by atoms with Crippen LogP contribution in [0.1, 0.15) is 39.7 Å². The van der Waals surface area contributed by atoms with E-state index in [4.69, 9.17) is 29.8 Å². The fourth-order valence-corrected chi connectivity index (χ4v) is 6.82. The number of hydrogen-bond donors (Lipinski definition) is 0. The van der Waals surface area contributed by atoms with Crippen molar-refractivity contribution in [1.29, 1.82) is 0 Å². The second kappa shape index (κ2) is 10.5. The number of epoxide rings is 1. The summed E-state index contributed by atoms with van der Waals surface area (Å²) >= 11 is 0. The van der Waals surface area contributed by atoms with Crippen molar-refractivity contribution >= 4 is 25.9 Å². The lowest BCUT2D eigenvalue weighted by atomic mass is 9.61. The van der Waals surface area contributed by atoms with Gasteiger partial charge < -0.3 is 23.4 Å². The number of amides is 1. The number of benzene rings is 1. The monoisotopic (exact) mass is 577 g/mol. The first-order valence-corrected chi connectivity index (χ1v) is 16.5. The summed E-state index contributed by atoms with van der Waals surface area (Å²) in [5.41, 5.74) is -1.78. The number of terminal acetylenes is 1. The van der Waals surface area contributed by atoms with Crippen LogP contribution in [-0.4, -0.2) is 58.5 Å². The highest BCUT2D eigenvalue weighted by Crippen LogP contribution is 2.72. The van der Waals surface area contributed by atoms with Gasteiger partial charge in [-0.15, -0.1) is 6.42 Å². The molecule has 41 heavy (non-hydrogen) atoms.